The third-order valence-electron chi connectivity index (χ3n) is 6.91. The summed E-state index contributed by atoms with van der Waals surface area (Å²) < 4.78 is 1.28. The molecule has 3 aliphatic rings. The van der Waals surface area contributed by atoms with Gasteiger partial charge in [0.1, 0.15) is 0 Å². The smallest absolute Gasteiger partial charge is 0.230 e. The number of nitrogens with zero attached hydrogens (tertiary/aromatic N) is 2. The lowest BCUT2D eigenvalue weighted by molar-refractivity contribution is -0.146. The van der Waals surface area contributed by atoms with Crippen molar-refractivity contribution in [3.05, 3.63) is 29.3 Å². The maximum atomic E-state index is 13.4. The zero-order valence-corrected chi connectivity index (χ0v) is 18.5. The lowest BCUT2D eigenvalue weighted by Gasteiger charge is -2.42. The second kappa shape index (κ2) is 8.86. The van der Waals surface area contributed by atoms with E-state index in [1.807, 2.05) is 11.3 Å². The van der Waals surface area contributed by atoms with Crippen LogP contribution in [0.4, 0.5) is 0 Å². The highest BCUT2D eigenvalue weighted by atomic mass is 35.5. The average Bonchev–Trinajstić information content (AvgIpc) is 3.32. The maximum Gasteiger partial charge on any atom is 0.230 e. The number of thiazole rings is 1. The lowest BCUT2D eigenvalue weighted by Crippen LogP contribution is -2.51. The summed E-state index contributed by atoms with van der Waals surface area (Å²) in [5.74, 6) is 1.51. The van der Waals surface area contributed by atoms with Crippen LogP contribution in [0.5, 0.6) is 0 Å². The van der Waals surface area contributed by atoms with Crippen LogP contribution < -0.4 is 5.32 Å². The highest BCUT2D eigenvalue weighted by Gasteiger charge is 2.51. The maximum absolute atomic E-state index is 13.4. The van der Waals surface area contributed by atoms with Crippen molar-refractivity contribution >= 4 is 52.3 Å². The van der Waals surface area contributed by atoms with Gasteiger partial charge in [-0.2, -0.15) is 0 Å². The van der Waals surface area contributed by atoms with Crippen LogP contribution in [0.3, 0.4) is 0 Å². The number of nitrogens with one attached hydrogen (secondary N) is 1. The summed E-state index contributed by atoms with van der Waals surface area (Å²) in [4.78, 5) is 20.4. The Morgan fingerprint density at radius 1 is 1.14 bits per heavy atom. The molecule has 1 amide bonds. The minimum atomic E-state index is -0.0963. The zero-order chi connectivity index (χ0) is 17.6. The van der Waals surface area contributed by atoms with Gasteiger partial charge in [-0.05, 0) is 50.3 Å². The Kier molecular flexibility index (Phi) is 6.91. The number of fused-ring (bicyclic) bond motifs is 2. The van der Waals surface area contributed by atoms with Gasteiger partial charge in [-0.3, -0.25) is 4.79 Å². The first kappa shape index (κ1) is 21.8. The van der Waals surface area contributed by atoms with Crippen LogP contribution in [-0.4, -0.2) is 42.0 Å². The summed E-state index contributed by atoms with van der Waals surface area (Å²) in [7, 11) is 0. The lowest BCUT2D eigenvalue weighted by atomic mass is 9.67. The Morgan fingerprint density at radius 3 is 2.71 bits per heavy atom. The van der Waals surface area contributed by atoms with Gasteiger partial charge >= 0.3 is 0 Å². The third kappa shape index (κ3) is 3.67. The summed E-state index contributed by atoms with van der Waals surface area (Å²) in [6.07, 6.45) is 6.93. The summed E-state index contributed by atoms with van der Waals surface area (Å²) in [6.45, 7) is 3.73. The topological polar surface area (TPSA) is 45.2 Å². The molecule has 2 saturated heterocycles. The molecule has 5 rings (SSSR count). The van der Waals surface area contributed by atoms with E-state index in [-0.39, 0.29) is 30.2 Å². The summed E-state index contributed by atoms with van der Waals surface area (Å²) in [5, 5.41) is 4.78. The number of piperidine rings is 1. The van der Waals surface area contributed by atoms with Gasteiger partial charge in [0.05, 0.1) is 20.6 Å². The van der Waals surface area contributed by atoms with Crippen molar-refractivity contribution in [2.75, 3.05) is 26.2 Å². The number of halogens is 2. The highest BCUT2D eigenvalue weighted by Crippen LogP contribution is 2.46. The van der Waals surface area contributed by atoms with Crippen molar-refractivity contribution in [3.63, 3.8) is 0 Å². The van der Waals surface area contributed by atoms with Crippen molar-refractivity contribution in [2.45, 2.75) is 44.4 Å². The first-order valence-corrected chi connectivity index (χ1v) is 10.9. The standard InChI is InChI=1S/C21H27N3OS.2ClH/c25-20(21-10-4-3-5-16(21)13-22-14-21)24-11-8-15(9-12-24)19-23-17-6-1-2-7-18(17)26-19;;/h1-2,6-7,15-16,22H,3-5,8-14H2;2*1H/t16-,21+;;/m0../s1. The molecule has 0 bridgehead atoms. The Hall–Kier alpha value is -0.880. The van der Waals surface area contributed by atoms with E-state index in [0.29, 0.717) is 17.7 Å². The molecule has 7 heteroatoms. The van der Waals surface area contributed by atoms with Gasteiger partial charge in [0.2, 0.25) is 5.91 Å². The Balaban J connectivity index is 0.00000112. The molecule has 2 aromatic rings. The van der Waals surface area contributed by atoms with E-state index in [9.17, 15) is 4.79 Å². The molecule has 0 unspecified atom stereocenters. The van der Waals surface area contributed by atoms with Crippen molar-refractivity contribution < 1.29 is 4.79 Å². The van der Waals surface area contributed by atoms with Crippen molar-refractivity contribution in [1.82, 2.24) is 15.2 Å². The molecule has 3 fully saturated rings. The van der Waals surface area contributed by atoms with Crippen molar-refractivity contribution in [1.29, 1.82) is 0 Å². The highest BCUT2D eigenvalue weighted by molar-refractivity contribution is 7.18. The molecule has 1 N–H and O–H groups in total. The van der Waals surface area contributed by atoms with E-state index in [4.69, 9.17) is 4.98 Å². The fourth-order valence-electron chi connectivity index (χ4n) is 5.38. The van der Waals surface area contributed by atoms with Crippen LogP contribution in [-0.2, 0) is 4.79 Å². The van der Waals surface area contributed by atoms with Gasteiger partial charge in [0.15, 0.2) is 0 Å². The van der Waals surface area contributed by atoms with Crippen LogP contribution in [0, 0.1) is 11.3 Å². The van der Waals surface area contributed by atoms with Crippen LogP contribution in [0.2, 0.25) is 0 Å². The molecule has 2 aliphatic heterocycles. The molecule has 1 aliphatic carbocycles. The normalized spacial score (nSPS) is 27.7. The monoisotopic (exact) mass is 441 g/mol. The number of carbonyl (C=O) groups excluding carboxylic acids is 1. The van der Waals surface area contributed by atoms with E-state index in [0.717, 1.165) is 51.0 Å². The molecule has 2 atom stereocenters. The summed E-state index contributed by atoms with van der Waals surface area (Å²) in [6, 6.07) is 8.40. The number of rotatable bonds is 2. The molecule has 154 valence electrons. The number of hydrogen-bond acceptors (Lipinski definition) is 4. The number of para-hydroxylation sites is 1. The summed E-state index contributed by atoms with van der Waals surface area (Å²) in [5.41, 5.74) is 1.02. The van der Waals surface area contributed by atoms with Gasteiger partial charge in [-0.25, -0.2) is 4.98 Å². The van der Waals surface area contributed by atoms with Gasteiger partial charge in [0, 0.05) is 25.6 Å². The fraction of sp³-hybridized carbons (Fsp3) is 0.619. The third-order valence-corrected chi connectivity index (χ3v) is 8.10. The predicted molar refractivity (Wildman–Crippen MR) is 120 cm³/mol. The zero-order valence-electron chi connectivity index (χ0n) is 16.1. The van der Waals surface area contributed by atoms with Gasteiger partial charge in [0.25, 0.3) is 0 Å². The quantitative estimate of drug-likeness (QED) is 0.738. The molecule has 1 aromatic carbocycles. The Morgan fingerprint density at radius 2 is 1.93 bits per heavy atom. The molecule has 1 aromatic heterocycles. The van der Waals surface area contributed by atoms with Gasteiger partial charge in [-0.15, -0.1) is 36.2 Å². The number of carbonyl (C=O) groups is 1. The van der Waals surface area contributed by atoms with E-state index in [1.54, 1.807) is 0 Å². The molecule has 4 nitrogen and oxygen atoms in total. The minimum Gasteiger partial charge on any atom is -0.342 e. The number of hydrogen-bond donors (Lipinski definition) is 1. The van der Waals surface area contributed by atoms with Crippen LogP contribution >= 0.6 is 36.2 Å². The van der Waals surface area contributed by atoms with Crippen LogP contribution in [0.1, 0.15) is 49.5 Å². The fourth-order valence-corrected chi connectivity index (χ4v) is 6.51. The average molecular weight is 442 g/mol. The van der Waals surface area contributed by atoms with E-state index in [2.05, 4.69) is 34.5 Å². The number of amides is 1. The van der Waals surface area contributed by atoms with E-state index >= 15 is 0 Å². The SMILES string of the molecule is Cl.Cl.O=C(N1CCC(c2nc3ccccc3s2)CC1)[C@@]12CCCC[C@H]1CNC2. The van der Waals surface area contributed by atoms with Crippen LogP contribution in [0.15, 0.2) is 24.3 Å². The Bertz CT molecular complexity index is 788. The molecule has 0 spiro atoms. The van der Waals surface area contributed by atoms with Gasteiger partial charge < -0.3 is 10.2 Å². The Labute approximate surface area is 183 Å². The number of benzene rings is 1. The molecule has 28 heavy (non-hydrogen) atoms. The number of likely N-dealkylation sites (tertiary alicyclic amines) is 1. The van der Waals surface area contributed by atoms with Gasteiger partial charge in [-0.1, -0.05) is 25.0 Å². The van der Waals surface area contributed by atoms with Crippen molar-refractivity contribution in [2.24, 2.45) is 11.3 Å². The molecule has 3 heterocycles. The van der Waals surface area contributed by atoms with Crippen LogP contribution in [0.25, 0.3) is 10.2 Å². The van der Waals surface area contributed by atoms with Crippen molar-refractivity contribution in [3.8, 4) is 0 Å². The molecular weight excluding hydrogens is 413 g/mol. The van der Waals surface area contributed by atoms with E-state index in [1.165, 1.54) is 29.0 Å². The molecule has 1 saturated carbocycles. The van der Waals surface area contributed by atoms with E-state index < -0.39 is 0 Å². The first-order valence-electron chi connectivity index (χ1n) is 10.1. The summed E-state index contributed by atoms with van der Waals surface area (Å²) >= 11 is 1.83. The first-order chi connectivity index (χ1) is 12.8. The molecular formula is C21H29Cl2N3OS. The largest absolute Gasteiger partial charge is 0.342 e. The number of aromatic nitrogens is 1. The minimum absolute atomic E-state index is 0. The second-order valence-electron chi connectivity index (χ2n) is 8.32. The second-order valence-corrected chi connectivity index (χ2v) is 9.38. The predicted octanol–water partition coefficient (Wildman–Crippen LogP) is 4.63. The molecule has 0 radical (unpaired) electrons.